The van der Waals surface area contributed by atoms with Gasteiger partial charge >= 0.3 is 0 Å². The number of para-hydroxylation sites is 2. The van der Waals surface area contributed by atoms with Crippen molar-refractivity contribution >= 4 is 34.1 Å². The maximum Gasteiger partial charge on any atom is 0.0465 e. The van der Waals surface area contributed by atoms with Gasteiger partial charge in [0.1, 0.15) is 0 Å². The van der Waals surface area contributed by atoms with Gasteiger partial charge in [-0.2, -0.15) is 0 Å². The van der Waals surface area contributed by atoms with E-state index < -0.39 is 0 Å². The van der Waals surface area contributed by atoms with Crippen molar-refractivity contribution in [2.45, 2.75) is 58.8 Å². The zero-order valence-corrected chi connectivity index (χ0v) is 28.1. The Morgan fingerprint density at radius 2 is 0.745 bits per heavy atom. The molecule has 0 aromatic heterocycles. The van der Waals surface area contributed by atoms with Crippen LogP contribution in [0, 0.1) is 0 Å². The third-order valence-electron chi connectivity index (χ3n) is 9.65. The molecule has 0 N–H and O–H groups in total. The highest BCUT2D eigenvalue weighted by atomic mass is 15.1. The summed E-state index contributed by atoms with van der Waals surface area (Å²) < 4.78 is 0. The summed E-state index contributed by atoms with van der Waals surface area (Å²) in [4.78, 5) is 4.78. The van der Waals surface area contributed by atoms with E-state index in [1.165, 1.54) is 56.1 Å². The summed E-state index contributed by atoms with van der Waals surface area (Å²) in [6.07, 6.45) is 4.51. The van der Waals surface area contributed by atoms with Crippen LogP contribution in [-0.2, 0) is 18.3 Å². The standard InChI is InChI=1S/C45H44N2/c1-5-13-33-19-23-37(24-20-33)46(35-15-9-7-10-16-35)39-27-29-41-42-30-28-40(32-44(42)45(3,4)43(41)31-39)47(36-17-11-8-12-18-36)38-25-21-34(14-6-2)22-26-38/h7-12,15-32H,5-6,13-14H2,1-4H3. The van der Waals surface area contributed by atoms with Crippen molar-refractivity contribution in [3.63, 3.8) is 0 Å². The van der Waals surface area contributed by atoms with Gasteiger partial charge in [0.25, 0.3) is 0 Å². The molecular weight excluding hydrogens is 569 g/mol. The molecule has 6 aromatic carbocycles. The molecule has 0 saturated heterocycles. The van der Waals surface area contributed by atoms with E-state index in [0.717, 1.165) is 37.1 Å². The lowest BCUT2D eigenvalue weighted by molar-refractivity contribution is 0.660. The van der Waals surface area contributed by atoms with Crippen molar-refractivity contribution in [3.8, 4) is 11.1 Å². The van der Waals surface area contributed by atoms with Gasteiger partial charge in [-0.15, -0.1) is 0 Å². The van der Waals surface area contributed by atoms with E-state index in [2.05, 4.69) is 183 Å². The van der Waals surface area contributed by atoms with Crippen molar-refractivity contribution in [2.75, 3.05) is 9.80 Å². The van der Waals surface area contributed by atoms with E-state index in [1.807, 2.05) is 0 Å². The molecule has 0 unspecified atom stereocenters. The van der Waals surface area contributed by atoms with Crippen LogP contribution in [0.15, 0.2) is 146 Å². The molecule has 0 bridgehead atoms. The fraction of sp³-hybridized carbons (Fsp3) is 0.200. The molecule has 234 valence electrons. The molecule has 0 amide bonds. The molecular formula is C45H44N2. The van der Waals surface area contributed by atoms with Crippen LogP contribution >= 0.6 is 0 Å². The van der Waals surface area contributed by atoms with Crippen LogP contribution < -0.4 is 9.80 Å². The lowest BCUT2D eigenvalue weighted by Gasteiger charge is -2.29. The van der Waals surface area contributed by atoms with Crippen LogP contribution in [0.3, 0.4) is 0 Å². The topological polar surface area (TPSA) is 6.48 Å². The quantitative estimate of drug-likeness (QED) is 0.152. The molecule has 7 rings (SSSR count). The molecule has 0 heterocycles. The van der Waals surface area contributed by atoms with Crippen LogP contribution in [-0.4, -0.2) is 0 Å². The van der Waals surface area contributed by atoms with Crippen LogP contribution in [0.25, 0.3) is 11.1 Å². The normalized spacial score (nSPS) is 12.8. The number of hydrogen-bond donors (Lipinski definition) is 0. The first-order valence-corrected chi connectivity index (χ1v) is 17.2. The summed E-state index contributed by atoms with van der Waals surface area (Å²) in [5.41, 5.74) is 15.0. The van der Waals surface area contributed by atoms with Crippen molar-refractivity contribution in [2.24, 2.45) is 0 Å². The van der Waals surface area contributed by atoms with E-state index in [9.17, 15) is 0 Å². The van der Waals surface area contributed by atoms with Crippen molar-refractivity contribution in [3.05, 3.63) is 168 Å². The lowest BCUT2D eigenvalue weighted by atomic mass is 9.82. The van der Waals surface area contributed by atoms with Crippen LogP contribution in [0.2, 0.25) is 0 Å². The summed E-state index contributed by atoms with van der Waals surface area (Å²) in [6, 6.07) is 53.7. The monoisotopic (exact) mass is 612 g/mol. The average Bonchev–Trinajstić information content (AvgIpc) is 3.33. The second-order valence-corrected chi connectivity index (χ2v) is 13.3. The maximum atomic E-state index is 2.42. The van der Waals surface area contributed by atoms with Gasteiger partial charge in [-0.1, -0.05) is 113 Å². The van der Waals surface area contributed by atoms with E-state index in [1.54, 1.807) is 0 Å². The van der Waals surface area contributed by atoms with Gasteiger partial charge in [0.15, 0.2) is 0 Å². The Bertz CT molecular complexity index is 1810. The first kappa shape index (κ1) is 30.6. The number of rotatable bonds is 10. The zero-order chi connectivity index (χ0) is 32.4. The fourth-order valence-corrected chi connectivity index (χ4v) is 7.24. The fourth-order valence-electron chi connectivity index (χ4n) is 7.24. The molecule has 2 heteroatoms. The SMILES string of the molecule is CCCc1ccc(N(c2ccccc2)c2ccc3c(c2)C(C)(C)c2cc(N(c4ccccc4)c4ccc(CCC)cc4)ccc2-3)cc1. The van der Waals surface area contributed by atoms with Crippen LogP contribution in [0.4, 0.5) is 34.1 Å². The molecule has 0 atom stereocenters. The van der Waals surface area contributed by atoms with Crippen LogP contribution in [0.5, 0.6) is 0 Å². The summed E-state index contributed by atoms with van der Waals surface area (Å²) >= 11 is 0. The van der Waals surface area contributed by atoms with Gasteiger partial charge in [0.05, 0.1) is 0 Å². The molecule has 0 saturated carbocycles. The number of benzene rings is 6. The predicted octanol–water partition coefficient (Wildman–Crippen LogP) is 12.8. The largest absolute Gasteiger partial charge is 0.310 e. The molecule has 47 heavy (non-hydrogen) atoms. The molecule has 2 nitrogen and oxygen atoms in total. The van der Waals surface area contributed by atoms with Gasteiger partial charge in [-0.3, -0.25) is 0 Å². The average molecular weight is 613 g/mol. The van der Waals surface area contributed by atoms with Crippen LogP contribution in [0.1, 0.15) is 62.8 Å². The highest BCUT2D eigenvalue weighted by Gasteiger charge is 2.36. The number of anilines is 6. The van der Waals surface area contributed by atoms with E-state index in [4.69, 9.17) is 0 Å². The minimum Gasteiger partial charge on any atom is -0.310 e. The number of hydrogen-bond acceptors (Lipinski definition) is 2. The maximum absolute atomic E-state index is 2.42. The van der Waals surface area contributed by atoms with Gasteiger partial charge < -0.3 is 9.80 Å². The summed E-state index contributed by atoms with van der Waals surface area (Å²) in [5, 5.41) is 0. The second-order valence-electron chi connectivity index (χ2n) is 13.3. The minimum atomic E-state index is -0.169. The first-order chi connectivity index (χ1) is 23.0. The predicted molar refractivity (Wildman–Crippen MR) is 201 cm³/mol. The Morgan fingerprint density at radius 3 is 1.11 bits per heavy atom. The Balaban J connectivity index is 1.30. The Hall–Kier alpha value is -5.08. The summed E-state index contributed by atoms with van der Waals surface area (Å²) in [6.45, 7) is 9.23. The lowest BCUT2D eigenvalue weighted by Crippen LogP contribution is -2.17. The van der Waals surface area contributed by atoms with E-state index in [-0.39, 0.29) is 5.41 Å². The Morgan fingerprint density at radius 1 is 0.404 bits per heavy atom. The van der Waals surface area contributed by atoms with Crippen molar-refractivity contribution in [1.29, 1.82) is 0 Å². The smallest absolute Gasteiger partial charge is 0.0465 e. The molecule has 0 spiro atoms. The minimum absolute atomic E-state index is 0.169. The van der Waals surface area contributed by atoms with Crippen molar-refractivity contribution < 1.29 is 0 Å². The third-order valence-corrected chi connectivity index (χ3v) is 9.65. The van der Waals surface area contributed by atoms with Gasteiger partial charge in [-0.25, -0.2) is 0 Å². The number of aryl methyl sites for hydroxylation is 2. The van der Waals surface area contributed by atoms with E-state index >= 15 is 0 Å². The Labute approximate surface area is 281 Å². The Kier molecular flexibility index (Phi) is 8.43. The summed E-state index contributed by atoms with van der Waals surface area (Å²) in [7, 11) is 0. The van der Waals surface area contributed by atoms with Gasteiger partial charge in [-0.05, 0) is 119 Å². The molecule has 1 aliphatic carbocycles. The molecule has 0 fully saturated rings. The van der Waals surface area contributed by atoms with Gasteiger partial charge in [0.2, 0.25) is 0 Å². The highest BCUT2D eigenvalue weighted by Crippen LogP contribution is 2.52. The molecule has 0 radical (unpaired) electrons. The van der Waals surface area contributed by atoms with Gasteiger partial charge in [0, 0.05) is 39.5 Å². The van der Waals surface area contributed by atoms with Crippen molar-refractivity contribution in [1.82, 2.24) is 0 Å². The zero-order valence-electron chi connectivity index (χ0n) is 28.1. The second kappa shape index (κ2) is 13.0. The number of fused-ring (bicyclic) bond motifs is 3. The third kappa shape index (κ3) is 5.85. The molecule has 0 aliphatic heterocycles. The van der Waals surface area contributed by atoms with E-state index in [0.29, 0.717) is 0 Å². The first-order valence-electron chi connectivity index (χ1n) is 17.2. The summed E-state index contributed by atoms with van der Waals surface area (Å²) in [5.74, 6) is 0. The molecule has 6 aromatic rings. The molecule has 1 aliphatic rings. The number of nitrogens with zero attached hydrogens (tertiary/aromatic N) is 2. The highest BCUT2D eigenvalue weighted by molar-refractivity contribution is 5.88.